The molecule has 1 aliphatic rings. The van der Waals surface area contributed by atoms with E-state index in [2.05, 4.69) is 15.9 Å². The largest absolute Gasteiger partial charge is 0.369 e. The summed E-state index contributed by atoms with van der Waals surface area (Å²) in [5.41, 5.74) is 0.936. The van der Waals surface area contributed by atoms with Crippen molar-refractivity contribution in [1.82, 2.24) is 0 Å². The van der Waals surface area contributed by atoms with E-state index in [4.69, 9.17) is 0 Å². The second kappa shape index (κ2) is 7.83. The topological polar surface area (TPSA) is 3.24 Å². The van der Waals surface area contributed by atoms with Crippen molar-refractivity contribution in [2.24, 2.45) is 0 Å². The van der Waals surface area contributed by atoms with Crippen LogP contribution in [0.2, 0.25) is 0 Å². The third kappa shape index (κ3) is 3.91. The Morgan fingerprint density at radius 2 is 1.71 bits per heavy atom. The highest BCUT2D eigenvalue weighted by atomic mass is 79.9. The predicted molar refractivity (Wildman–Crippen MR) is 96.5 cm³/mol. The number of para-hydroxylation sites is 1. The molecule has 128 valence electrons. The molecule has 2 aromatic carbocycles. The summed E-state index contributed by atoms with van der Waals surface area (Å²) >= 11 is 4.53. The van der Waals surface area contributed by atoms with E-state index in [1.165, 1.54) is 30.0 Å². The summed E-state index contributed by atoms with van der Waals surface area (Å²) in [6, 6.07) is 9.26. The van der Waals surface area contributed by atoms with Gasteiger partial charge in [0.15, 0.2) is 0 Å². The molecule has 24 heavy (non-hydrogen) atoms. The molecule has 0 radical (unpaired) electrons. The molecule has 0 atom stereocenters. The number of rotatable bonds is 4. The van der Waals surface area contributed by atoms with Gasteiger partial charge in [-0.3, -0.25) is 0 Å². The molecule has 6 heteroatoms. The van der Waals surface area contributed by atoms with Gasteiger partial charge in [0.1, 0.15) is 17.5 Å². The van der Waals surface area contributed by atoms with E-state index in [1.54, 1.807) is 12.1 Å². The average Bonchev–Trinajstić information content (AvgIpc) is 2.59. The Morgan fingerprint density at radius 1 is 1.00 bits per heavy atom. The highest BCUT2D eigenvalue weighted by molar-refractivity contribution is 9.08. The van der Waals surface area contributed by atoms with Gasteiger partial charge in [-0.05, 0) is 37.1 Å². The van der Waals surface area contributed by atoms with Crippen LogP contribution in [0.1, 0.15) is 18.4 Å². The van der Waals surface area contributed by atoms with Crippen LogP contribution in [0.5, 0.6) is 0 Å². The Morgan fingerprint density at radius 3 is 2.38 bits per heavy atom. The van der Waals surface area contributed by atoms with Crippen molar-refractivity contribution in [3.05, 3.63) is 59.4 Å². The molecular weight excluding hydrogens is 399 g/mol. The number of thioether (sulfide) groups is 1. The van der Waals surface area contributed by atoms with Gasteiger partial charge >= 0.3 is 0 Å². The first kappa shape index (κ1) is 17.7. The summed E-state index contributed by atoms with van der Waals surface area (Å²) < 4.78 is 41.8. The smallest absolute Gasteiger partial charge is 0.146 e. The Labute approximate surface area is 152 Å². The minimum Gasteiger partial charge on any atom is -0.369 e. The molecule has 2 aromatic rings. The summed E-state index contributed by atoms with van der Waals surface area (Å²) in [7, 11) is 0. The SMILES string of the molecule is Fc1cc(SC2CCN(c3ccccc3F)CC2)c(F)cc1CBr. The summed E-state index contributed by atoms with van der Waals surface area (Å²) in [6.45, 7) is 1.42. The van der Waals surface area contributed by atoms with E-state index in [-0.39, 0.29) is 22.7 Å². The lowest BCUT2D eigenvalue weighted by Gasteiger charge is -2.33. The molecule has 1 fully saturated rings. The number of hydrogen-bond acceptors (Lipinski definition) is 2. The molecule has 1 aliphatic heterocycles. The van der Waals surface area contributed by atoms with E-state index < -0.39 is 0 Å². The third-order valence-corrected chi connectivity index (χ3v) is 6.15. The molecule has 0 saturated carbocycles. The van der Waals surface area contributed by atoms with E-state index in [0.717, 1.165) is 12.8 Å². The van der Waals surface area contributed by atoms with Crippen LogP contribution in [0.25, 0.3) is 0 Å². The Bertz CT molecular complexity index is 717. The van der Waals surface area contributed by atoms with Gasteiger partial charge in [-0.1, -0.05) is 28.1 Å². The highest BCUT2D eigenvalue weighted by Crippen LogP contribution is 2.35. The minimum atomic E-state index is -0.389. The van der Waals surface area contributed by atoms with Crippen LogP contribution in [0.3, 0.4) is 0 Å². The van der Waals surface area contributed by atoms with Crippen LogP contribution >= 0.6 is 27.7 Å². The van der Waals surface area contributed by atoms with Crippen LogP contribution in [0.15, 0.2) is 41.3 Å². The van der Waals surface area contributed by atoms with Gasteiger partial charge in [0.05, 0.1) is 5.69 Å². The number of hydrogen-bond donors (Lipinski definition) is 0. The maximum Gasteiger partial charge on any atom is 0.146 e. The van der Waals surface area contributed by atoms with Crippen LogP contribution in [-0.2, 0) is 5.33 Å². The highest BCUT2D eigenvalue weighted by Gasteiger charge is 2.23. The molecule has 0 unspecified atom stereocenters. The fraction of sp³-hybridized carbons (Fsp3) is 0.333. The van der Waals surface area contributed by atoms with Gasteiger partial charge in [-0.25, -0.2) is 13.2 Å². The first-order chi connectivity index (χ1) is 11.6. The van der Waals surface area contributed by atoms with Gasteiger partial charge in [0.2, 0.25) is 0 Å². The quantitative estimate of drug-likeness (QED) is 0.583. The first-order valence-corrected chi connectivity index (χ1v) is 9.78. The van der Waals surface area contributed by atoms with Gasteiger partial charge in [-0.15, -0.1) is 11.8 Å². The molecule has 1 nitrogen and oxygen atoms in total. The maximum absolute atomic E-state index is 14.1. The Hall–Kier alpha value is -1.14. The molecule has 1 heterocycles. The maximum atomic E-state index is 14.1. The molecule has 1 saturated heterocycles. The van der Waals surface area contributed by atoms with Crippen LogP contribution in [0, 0.1) is 17.5 Å². The predicted octanol–water partition coefficient (Wildman–Crippen LogP) is 5.76. The third-order valence-electron chi connectivity index (χ3n) is 4.17. The van der Waals surface area contributed by atoms with E-state index >= 15 is 0 Å². The monoisotopic (exact) mass is 415 g/mol. The molecule has 3 rings (SSSR count). The van der Waals surface area contributed by atoms with Gasteiger partial charge < -0.3 is 4.90 Å². The van der Waals surface area contributed by atoms with E-state index in [9.17, 15) is 13.2 Å². The fourth-order valence-electron chi connectivity index (χ4n) is 2.86. The zero-order chi connectivity index (χ0) is 17.1. The van der Waals surface area contributed by atoms with E-state index in [1.807, 2.05) is 11.0 Å². The summed E-state index contributed by atoms with van der Waals surface area (Å²) in [5.74, 6) is -0.992. The average molecular weight is 416 g/mol. The number of alkyl halides is 1. The zero-order valence-electron chi connectivity index (χ0n) is 12.9. The number of anilines is 1. The number of halogens is 4. The van der Waals surface area contributed by atoms with Crippen LogP contribution in [-0.4, -0.2) is 18.3 Å². The molecule has 0 spiro atoms. The molecule has 0 bridgehead atoms. The summed E-state index contributed by atoms with van der Waals surface area (Å²) in [5, 5.41) is 0.499. The lowest BCUT2D eigenvalue weighted by atomic mass is 10.1. The standard InChI is InChI=1S/C18H17BrF3NS/c19-11-12-9-16(22)18(10-15(12)21)24-13-5-7-23(8-6-13)17-4-2-1-3-14(17)20/h1-4,9-10,13H,5-8,11H2. The molecular formula is C18H17BrF3NS. The fourth-order valence-corrected chi connectivity index (χ4v) is 4.44. The lowest BCUT2D eigenvalue weighted by molar-refractivity contribution is 0.558. The zero-order valence-corrected chi connectivity index (χ0v) is 15.3. The molecule has 0 aromatic heterocycles. The summed E-state index contributed by atoms with van der Waals surface area (Å²) in [6.07, 6.45) is 1.61. The first-order valence-electron chi connectivity index (χ1n) is 7.78. The van der Waals surface area contributed by atoms with Gasteiger partial charge in [-0.2, -0.15) is 0 Å². The van der Waals surface area contributed by atoms with Crippen molar-refractivity contribution >= 4 is 33.4 Å². The van der Waals surface area contributed by atoms with Crippen molar-refractivity contribution in [1.29, 1.82) is 0 Å². The number of nitrogens with zero attached hydrogens (tertiary/aromatic N) is 1. The van der Waals surface area contributed by atoms with Gasteiger partial charge in [0.25, 0.3) is 0 Å². The number of piperidine rings is 1. The molecule has 0 N–H and O–H groups in total. The van der Waals surface area contributed by atoms with Crippen molar-refractivity contribution < 1.29 is 13.2 Å². The number of benzene rings is 2. The normalized spacial score (nSPS) is 15.8. The second-order valence-electron chi connectivity index (χ2n) is 5.76. The molecule has 0 amide bonds. The molecule has 0 aliphatic carbocycles. The minimum absolute atomic E-state index is 0.205. The lowest BCUT2D eigenvalue weighted by Crippen LogP contribution is -2.35. The Kier molecular flexibility index (Phi) is 5.76. The van der Waals surface area contributed by atoms with Crippen molar-refractivity contribution in [3.8, 4) is 0 Å². The van der Waals surface area contributed by atoms with Crippen LogP contribution in [0.4, 0.5) is 18.9 Å². The summed E-state index contributed by atoms with van der Waals surface area (Å²) in [4.78, 5) is 2.36. The van der Waals surface area contributed by atoms with Gasteiger partial charge in [0, 0.05) is 34.1 Å². The second-order valence-corrected chi connectivity index (χ2v) is 7.67. The Balaban J connectivity index is 1.64. The van der Waals surface area contributed by atoms with Crippen molar-refractivity contribution in [3.63, 3.8) is 0 Å². The van der Waals surface area contributed by atoms with Crippen molar-refractivity contribution in [2.75, 3.05) is 18.0 Å². The van der Waals surface area contributed by atoms with Crippen LogP contribution < -0.4 is 4.90 Å². The van der Waals surface area contributed by atoms with E-state index in [0.29, 0.717) is 34.6 Å². The van der Waals surface area contributed by atoms with Crippen molar-refractivity contribution in [2.45, 2.75) is 28.3 Å².